The number of H-pyrrole nitrogens is 2. The molecule has 21 heavy (non-hydrogen) atoms. The van der Waals surface area contributed by atoms with Gasteiger partial charge in [0.25, 0.3) is 11.5 Å². The van der Waals surface area contributed by atoms with Gasteiger partial charge in [-0.1, -0.05) is 0 Å². The van der Waals surface area contributed by atoms with Crippen LogP contribution in [0.25, 0.3) is 0 Å². The van der Waals surface area contributed by atoms with Gasteiger partial charge in [0.1, 0.15) is 5.56 Å². The Bertz CT molecular complexity index is 790. The lowest BCUT2D eigenvalue weighted by Gasteiger charge is -1.99. The number of anilines is 1. The van der Waals surface area contributed by atoms with Crippen LogP contribution >= 0.6 is 11.3 Å². The molecule has 0 saturated heterocycles. The van der Waals surface area contributed by atoms with E-state index in [1.165, 1.54) is 7.11 Å². The number of rotatable bonds is 4. The van der Waals surface area contributed by atoms with E-state index in [4.69, 9.17) is 0 Å². The zero-order valence-electron chi connectivity index (χ0n) is 10.8. The van der Waals surface area contributed by atoms with E-state index in [0.29, 0.717) is 5.69 Å². The molecule has 0 aliphatic heterocycles. The number of thiazole rings is 1. The fourth-order valence-corrected chi connectivity index (χ4v) is 2.11. The second-order valence-corrected chi connectivity index (χ2v) is 4.69. The van der Waals surface area contributed by atoms with Crippen LogP contribution in [0.3, 0.4) is 0 Å². The number of nitrogens with zero attached hydrogens (tertiary/aromatic N) is 1. The van der Waals surface area contributed by atoms with Crippen molar-refractivity contribution in [1.82, 2.24) is 15.0 Å². The van der Waals surface area contributed by atoms with E-state index in [1.54, 1.807) is 5.38 Å². The number of hydrogen-bond acceptors (Lipinski definition) is 7. The maximum Gasteiger partial charge on any atom is 0.325 e. The quantitative estimate of drug-likeness (QED) is 0.651. The van der Waals surface area contributed by atoms with Crippen LogP contribution in [-0.4, -0.2) is 33.9 Å². The lowest BCUT2D eigenvalue weighted by atomic mass is 10.3. The Kier molecular flexibility index (Phi) is 4.28. The van der Waals surface area contributed by atoms with Crippen LogP contribution in [0, 0.1) is 0 Å². The van der Waals surface area contributed by atoms with E-state index in [-0.39, 0.29) is 17.1 Å². The van der Waals surface area contributed by atoms with Crippen molar-refractivity contribution in [1.29, 1.82) is 0 Å². The summed E-state index contributed by atoms with van der Waals surface area (Å²) in [4.78, 5) is 53.4. The Hall–Kier alpha value is -2.75. The summed E-state index contributed by atoms with van der Waals surface area (Å²) in [5.74, 6) is -1.17. The molecule has 3 N–H and O–H groups in total. The van der Waals surface area contributed by atoms with Crippen LogP contribution < -0.4 is 16.6 Å². The third kappa shape index (κ3) is 3.63. The molecule has 1 amide bonds. The molecule has 0 radical (unpaired) electrons. The molecule has 2 heterocycles. The number of aromatic nitrogens is 3. The number of carbonyl (C=O) groups is 2. The Balaban J connectivity index is 2.11. The molecule has 0 unspecified atom stereocenters. The third-order valence-electron chi connectivity index (χ3n) is 2.39. The summed E-state index contributed by atoms with van der Waals surface area (Å²) in [6, 6.07) is 0. The number of aromatic amines is 2. The van der Waals surface area contributed by atoms with E-state index in [2.05, 4.69) is 20.0 Å². The molecule has 0 aliphatic carbocycles. The average Bonchev–Trinajstić information content (AvgIpc) is 2.85. The van der Waals surface area contributed by atoms with Crippen molar-refractivity contribution >= 4 is 28.3 Å². The van der Waals surface area contributed by atoms with Crippen LogP contribution in [-0.2, 0) is 16.0 Å². The summed E-state index contributed by atoms with van der Waals surface area (Å²) in [5, 5.41) is 4.22. The molecule has 10 heteroatoms. The lowest BCUT2D eigenvalue weighted by molar-refractivity contribution is -0.139. The zero-order chi connectivity index (χ0) is 15.4. The van der Waals surface area contributed by atoms with Gasteiger partial charge in [-0.15, -0.1) is 11.3 Å². The highest BCUT2D eigenvalue weighted by molar-refractivity contribution is 7.14. The molecule has 0 aromatic carbocycles. The largest absolute Gasteiger partial charge is 0.469 e. The van der Waals surface area contributed by atoms with E-state index < -0.39 is 23.1 Å². The summed E-state index contributed by atoms with van der Waals surface area (Å²) in [7, 11) is 1.26. The highest BCUT2D eigenvalue weighted by Gasteiger charge is 2.14. The van der Waals surface area contributed by atoms with Gasteiger partial charge in [-0.2, -0.15) is 0 Å². The van der Waals surface area contributed by atoms with Gasteiger partial charge < -0.3 is 9.72 Å². The molecule has 0 aliphatic rings. The Morgan fingerprint density at radius 3 is 2.86 bits per heavy atom. The minimum absolute atomic E-state index is 0.0118. The molecule has 9 nitrogen and oxygen atoms in total. The lowest BCUT2D eigenvalue weighted by Crippen LogP contribution is -2.29. The third-order valence-corrected chi connectivity index (χ3v) is 3.20. The Morgan fingerprint density at radius 1 is 1.43 bits per heavy atom. The van der Waals surface area contributed by atoms with Crippen molar-refractivity contribution in [2.75, 3.05) is 12.4 Å². The van der Waals surface area contributed by atoms with Crippen LogP contribution in [0.4, 0.5) is 5.13 Å². The monoisotopic (exact) mass is 310 g/mol. The molecular weight excluding hydrogens is 300 g/mol. The van der Waals surface area contributed by atoms with E-state index >= 15 is 0 Å². The highest BCUT2D eigenvalue weighted by Crippen LogP contribution is 2.16. The molecule has 0 fully saturated rings. The fourth-order valence-electron chi connectivity index (χ4n) is 1.41. The molecule has 110 valence electrons. The maximum absolute atomic E-state index is 11.9. The van der Waals surface area contributed by atoms with Gasteiger partial charge in [-0.25, -0.2) is 9.78 Å². The number of amides is 1. The standard InChI is InChI=1S/C11H10N4O5S/c1-20-7(16)2-5-4-21-11(13-5)15-9(18)6-3-12-10(19)14-8(6)17/h3-4H,2H2,1H3,(H,13,15,18)(H2,12,14,17,19). The predicted octanol–water partition coefficient (Wildman–Crippen LogP) is -0.513. The maximum atomic E-state index is 11.9. The first-order valence-corrected chi connectivity index (χ1v) is 6.52. The number of carbonyl (C=O) groups excluding carboxylic acids is 2. The van der Waals surface area contributed by atoms with Gasteiger partial charge in [0.15, 0.2) is 5.13 Å². The summed E-state index contributed by atoms with van der Waals surface area (Å²) in [5.41, 5.74) is -1.31. The summed E-state index contributed by atoms with van der Waals surface area (Å²) in [6.45, 7) is 0. The van der Waals surface area contributed by atoms with Gasteiger partial charge >= 0.3 is 11.7 Å². The molecule has 0 atom stereocenters. The van der Waals surface area contributed by atoms with Gasteiger partial charge in [0, 0.05) is 11.6 Å². The molecule has 0 spiro atoms. The van der Waals surface area contributed by atoms with Gasteiger partial charge in [0.05, 0.1) is 19.2 Å². The number of methoxy groups -OCH3 is 1. The van der Waals surface area contributed by atoms with Crippen molar-refractivity contribution in [2.45, 2.75) is 6.42 Å². The van der Waals surface area contributed by atoms with E-state index in [9.17, 15) is 19.2 Å². The number of hydrogen-bond donors (Lipinski definition) is 3. The van der Waals surface area contributed by atoms with Crippen LogP contribution in [0.5, 0.6) is 0 Å². The van der Waals surface area contributed by atoms with Crippen molar-refractivity contribution in [3.63, 3.8) is 0 Å². The minimum atomic E-state index is -0.803. The molecule has 0 saturated carbocycles. The molecular formula is C11H10N4O5S. The smallest absolute Gasteiger partial charge is 0.325 e. The van der Waals surface area contributed by atoms with Crippen molar-refractivity contribution < 1.29 is 14.3 Å². The first kappa shape index (κ1) is 14.7. The first-order valence-electron chi connectivity index (χ1n) is 5.64. The van der Waals surface area contributed by atoms with Gasteiger partial charge in [0.2, 0.25) is 0 Å². The van der Waals surface area contributed by atoms with E-state index in [1.807, 2.05) is 4.98 Å². The topological polar surface area (TPSA) is 134 Å². The van der Waals surface area contributed by atoms with Crippen molar-refractivity contribution in [2.24, 2.45) is 0 Å². The van der Waals surface area contributed by atoms with Crippen LogP contribution in [0.1, 0.15) is 16.1 Å². The SMILES string of the molecule is COC(=O)Cc1csc(NC(=O)c2c[nH]c(=O)[nH]c2=O)n1. The second kappa shape index (κ2) is 6.13. The van der Waals surface area contributed by atoms with Gasteiger partial charge in [-0.05, 0) is 0 Å². The second-order valence-electron chi connectivity index (χ2n) is 3.84. The van der Waals surface area contributed by atoms with Gasteiger partial charge in [-0.3, -0.25) is 24.7 Å². The van der Waals surface area contributed by atoms with Crippen LogP contribution in [0.15, 0.2) is 21.2 Å². The number of esters is 1. The zero-order valence-corrected chi connectivity index (χ0v) is 11.6. The Labute approximate surface area is 121 Å². The Morgan fingerprint density at radius 2 is 2.19 bits per heavy atom. The van der Waals surface area contributed by atoms with Crippen LogP contribution in [0.2, 0.25) is 0 Å². The minimum Gasteiger partial charge on any atom is -0.469 e. The fraction of sp³-hybridized carbons (Fsp3) is 0.182. The molecule has 2 aromatic heterocycles. The summed E-state index contributed by atoms with van der Waals surface area (Å²) < 4.78 is 4.50. The predicted molar refractivity (Wildman–Crippen MR) is 73.5 cm³/mol. The number of ether oxygens (including phenoxy) is 1. The molecule has 0 bridgehead atoms. The first-order chi connectivity index (χ1) is 9.99. The highest BCUT2D eigenvalue weighted by atomic mass is 32.1. The summed E-state index contributed by atoms with van der Waals surface area (Å²) >= 11 is 1.10. The average molecular weight is 310 g/mol. The summed E-state index contributed by atoms with van der Waals surface area (Å²) in [6.07, 6.45) is 1.00. The van der Waals surface area contributed by atoms with Crippen molar-refractivity contribution in [3.8, 4) is 0 Å². The normalized spacial score (nSPS) is 10.1. The molecule has 2 rings (SSSR count). The van der Waals surface area contributed by atoms with E-state index in [0.717, 1.165) is 17.5 Å². The number of nitrogens with one attached hydrogen (secondary N) is 3. The van der Waals surface area contributed by atoms with Crippen molar-refractivity contribution in [3.05, 3.63) is 43.7 Å². The molecule has 2 aromatic rings.